The number of carbonyl (C=O) groups is 1. The van der Waals surface area contributed by atoms with Gasteiger partial charge >= 0.3 is 0 Å². The van der Waals surface area contributed by atoms with E-state index in [-0.39, 0.29) is 33.8 Å². The van der Waals surface area contributed by atoms with Crippen LogP contribution in [0.4, 0.5) is 16.0 Å². The molecule has 11 nitrogen and oxygen atoms in total. The Bertz CT molecular complexity index is 1760. The summed E-state index contributed by atoms with van der Waals surface area (Å²) >= 11 is 6.19. The number of fused-ring (bicyclic) bond motifs is 1. The number of pyridine rings is 1. The Morgan fingerprint density at radius 1 is 1.23 bits per heavy atom. The SMILES string of the molecule is COc1nc(N(C)C)ncc1-n1nc2c(c1C(C)C)C(c1ccc(C#N)c(F)c1)N(c1cc(Cl)c[nH]c1=O)C2=O. The molecular formula is C27H24ClFN8O3. The molecule has 4 heterocycles. The summed E-state index contributed by atoms with van der Waals surface area (Å²) in [5.41, 5.74) is 1.16. The maximum Gasteiger partial charge on any atom is 0.280 e. The van der Waals surface area contributed by atoms with Crippen LogP contribution in [0.5, 0.6) is 5.88 Å². The molecule has 1 aromatic carbocycles. The zero-order valence-electron chi connectivity index (χ0n) is 22.2. The average Bonchev–Trinajstić information content (AvgIpc) is 3.44. The maximum absolute atomic E-state index is 14.9. The van der Waals surface area contributed by atoms with Crippen LogP contribution in [0.2, 0.25) is 5.02 Å². The predicted octanol–water partition coefficient (Wildman–Crippen LogP) is 3.96. The van der Waals surface area contributed by atoms with E-state index in [9.17, 15) is 19.2 Å². The van der Waals surface area contributed by atoms with Gasteiger partial charge in [0.1, 0.15) is 23.3 Å². The van der Waals surface area contributed by atoms with Gasteiger partial charge < -0.3 is 14.6 Å². The van der Waals surface area contributed by atoms with Gasteiger partial charge in [-0.3, -0.25) is 14.5 Å². The summed E-state index contributed by atoms with van der Waals surface area (Å²) in [6.45, 7) is 3.84. The van der Waals surface area contributed by atoms with E-state index in [2.05, 4.69) is 20.1 Å². The van der Waals surface area contributed by atoms with Crippen molar-refractivity contribution in [3.63, 3.8) is 0 Å². The molecule has 40 heavy (non-hydrogen) atoms. The number of ether oxygens (including phenoxy) is 1. The van der Waals surface area contributed by atoms with Crippen LogP contribution in [0.3, 0.4) is 0 Å². The van der Waals surface area contributed by atoms with Crippen LogP contribution < -0.4 is 20.1 Å². The van der Waals surface area contributed by atoms with Gasteiger partial charge in [0.15, 0.2) is 5.69 Å². The molecule has 204 valence electrons. The molecule has 1 aliphatic heterocycles. The van der Waals surface area contributed by atoms with Gasteiger partial charge in [-0.2, -0.15) is 15.3 Å². The predicted molar refractivity (Wildman–Crippen MR) is 146 cm³/mol. The van der Waals surface area contributed by atoms with E-state index >= 15 is 0 Å². The summed E-state index contributed by atoms with van der Waals surface area (Å²) in [5.74, 6) is -0.889. The molecule has 1 unspecified atom stereocenters. The topological polar surface area (TPSA) is 133 Å². The van der Waals surface area contributed by atoms with Gasteiger partial charge in [-0.1, -0.05) is 31.5 Å². The Kier molecular flexibility index (Phi) is 6.77. The molecule has 0 saturated carbocycles. The highest BCUT2D eigenvalue weighted by molar-refractivity contribution is 6.30. The van der Waals surface area contributed by atoms with Crippen molar-refractivity contribution in [2.75, 3.05) is 31.0 Å². The summed E-state index contributed by atoms with van der Waals surface area (Å²) in [7, 11) is 5.06. The number of nitriles is 1. The fourth-order valence-electron chi connectivity index (χ4n) is 4.81. The molecule has 5 rings (SSSR count). The molecule has 0 spiro atoms. The molecular weight excluding hydrogens is 539 g/mol. The summed E-state index contributed by atoms with van der Waals surface area (Å²) < 4.78 is 22.0. The third kappa shape index (κ3) is 4.24. The lowest BCUT2D eigenvalue weighted by atomic mass is 9.93. The first kappa shape index (κ1) is 26.8. The number of H-pyrrole nitrogens is 1. The van der Waals surface area contributed by atoms with Crippen molar-refractivity contribution in [2.24, 2.45) is 0 Å². The number of methoxy groups -OCH3 is 1. The number of aromatic amines is 1. The van der Waals surface area contributed by atoms with E-state index in [4.69, 9.17) is 16.3 Å². The minimum absolute atomic E-state index is 0.0252. The molecule has 1 aliphatic rings. The maximum atomic E-state index is 14.9. The van der Waals surface area contributed by atoms with Gasteiger partial charge in [0.2, 0.25) is 11.8 Å². The van der Waals surface area contributed by atoms with Gasteiger partial charge in [-0.05, 0) is 29.7 Å². The Hall–Kier alpha value is -4.76. The largest absolute Gasteiger partial charge is 0.479 e. The normalized spacial score (nSPS) is 14.4. The highest BCUT2D eigenvalue weighted by Gasteiger charge is 2.46. The molecule has 0 saturated heterocycles. The van der Waals surface area contributed by atoms with Crippen LogP contribution in [0.15, 0.2) is 41.5 Å². The van der Waals surface area contributed by atoms with Crippen molar-refractivity contribution >= 4 is 29.1 Å². The summed E-state index contributed by atoms with van der Waals surface area (Å²) in [6.07, 6.45) is 2.86. The fraction of sp³-hybridized carbons (Fsp3) is 0.259. The Labute approximate surface area is 233 Å². The highest BCUT2D eigenvalue weighted by Crippen LogP contribution is 2.45. The zero-order chi connectivity index (χ0) is 28.9. The first-order valence-electron chi connectivity index (χ1n) is 12.2. The first-order valence-corrected chi connectivity index (χ1v) is 12.6. The standard InChI is InChI=1S/C27H24ClFN8O3/c1-13(2)22-20-21(34-37(22)19-12-32-27(35(3)4)33-25(19)40-5)26(39)36(18-9-16(28)11-31-24(18)38)23(20)14-6-7-15(10-30)17(29)8-14/h6-9,11-13,23H,1-5H3,(H,31,38). The fourth-order valence-corrected chi connectivity index (χ4v) is 4.97. The molecule has 1 N–H and O–H groups in total. The third-order valence-corrected chi connectivity index (χ3v) is 6.76. The number of nitrogens with one attached hydrogen (secondary N) is 1. The number of benzene rings is 1. The number of anilines is 2. The Balaban J connectivity index is 1.81. The third-order valence-electron chi connectivity index (χ3n) is 6.54. The summed E-state index contributed by atoms with van der Waals surface area (Å²) in [6, 6.07) is 6.30. The van der Waals surface area contributed by atoms with Crippen molar-refractivity contribution < 1.29 is 13.9 Å². The Morgan fingerprint density at radius 2 is 1.98 bits per heavy atom. The van der Waals surface area contributed by atoms with E-state index in [1.807, 2.05) is 13.8 Å². The molecule has 0 aliphatic carbocycles. The van der Waals surface area contributed by atoms with Crippen LogP contribution in [-0.2, 0) is 0 Å². The van der Waals surface area contributed by atoms with E-state index in [1.165, 1.54) is 36.4 Å². The number of rotatable bonds is 6. The second-order valence-electron chi connectivity index (χ2n) is 9.63. The number of hydrogen-bond donors (Lipinski definition) is 1. The molecule has 4 aromatic rings. The lowest BCUT2D eigenvalue weighted by molar-refractivity contribution is 0.0988. The minimum Gasteiger partial charge on any atom is -0.479 e. The number of hydrogen-bond acceptors (Lipinski definition) is 8. The monoisotopic (exact) mass is 562 g/mol. The van der Waals surface area contributed by atoms with Crippen molar-refractivity contribution in [1.82, 2.24) is 24.7 Å². The van der Waals surface area contributed by atoms with E-state index in [0.717, 1.165) is 0 Å². The minimum atomic E-state index is -0.955. The lowest BCUT2D eigenvalue weighted by Gasteiger charge is -2.27. The molecule has 0 radical (unpaired) electrons. The van der Waals surface area contributed by atoms with Crippen LogP contribution in [-0.4, -0.2) is 51.8 Å². The molecule has 0 fully saturated rings. The molecule has 1 atom stereocenters. The van der Waals surface area contributed by atoms with Crippen molar-refractivity contribution in [2.45, 2.75) is 25.8 Å². The van der Waals surface area contributed by atoms with E-state index in [1.54, 1.807) is 42.0 Å². The average molecular weight is 563 g/mol. The second kappa shape index (κ2) is 10.1. The van der Waals surface area contributed by atoms with E-state index < -0.39 is 23.3 Å². The quantitative estimate of drug-likeness (QED) is 0.373. The highest BCUT2D eigenvalue weighted by atomic mass is 35.5. The Morgan fingerprint density at radius 3 is 2.60 bits per heavy atom. The van der Waals surface area contributed by atoms with Crippen LogP contribution in [0, 0.1) is 17.1 Å². The van der Waals surface area contributed by atoms with Crippen LogP contribution in [0.25, 0.3) is 5.69 Å². The molecule has 1 amide bonds. The van der Waals surface area contributed by atoms with Crippen LogP contribution in [0.1, 0.15) is 58.7 Å². The zero-order valence-corrected chi connectivity index (χ0v) is 23.0. The van der Waals surface area contributed by atoms with Gasteiger partial charge in [-0.25, -0.2) is 14.1 Å². The number of aromatic nitrogens is 5. The van der Waals surface area contributed by atoms with Gasteiger partial charge in [0.05, 0.1) is 35.6 Å². The number of amides is 1. The number of halogens is 2. The summed E-state index contributed by atoms with van der Waals surface area (Å²) in [5, 5.41) is 14.1. The number of nitrogens with zero attached hydrogens (tertiary/aromatic N) is 7. The second-order valence-corrected chi connectivity index (χ2v) is 10.1. The molecule has 0 bridgehead atoms. The first-order chi connectivity index (χ1) is 19.1. The van der Waals surface area contributed by atoms with Crippen molar-refractivity contribution in [1.29, 1.82) is 5.26 Å². The summed E-state index contributed by atoms with van der Waals surface area (Å²) in [4.78, 5) is 41.3. The van der Waals surface area contributed by atoms with E-state index in [0.29, 0.717) is 28.5 Å². The van der Waals surface area contributed by atoms with Gasteiger partial charge in [0, 0.05) is 25.9 Å². The van der Waals surface area contributed by atoms with Crippen molar-refractivity contribution in [3.8, 4) is 17.6 Å². The smallest absolute Gasteiger partial charge is 0.280 e. The van der Waals surface area contributed by atoms with Crippen molar-refractivity contribution in [3.05, 3.63) is 85.9 Å². The molecule has 3 aromatic heterocycles. The van der Waals surface area contributed by atoms with Gasteiger partial charge in [0.25, 0.3) is 11.5 Å². The van der Waals surface area contributed by atoms with Crippen LogP contribution >= 0.6 is 11.6 Å². The number of carbonyl (C=O) groups excluding carboxylic acids is 1. The molecule has 13 heteroatoms. The van der Waals surface area contributed by atoms with Gasteiger partial charge in [-0.15, -0.1) is 0 Å². The lowest BCUT2D eigenvalue weighted by Crippen LogP contribution is -2.34.